The van der Waals surface area contributed by atoms with E-state index >= 15 is 0 Å². The first-order chi connectivity index (χ1) is 11.2. The number of pyridine rings is 1. The molecule has 1 aromatic carbocycles. The summed E-state index contributed by atoms with van der Waals surface area (Å²) in [5, 5.41) is 0.553. The first-order valence-corrected chi connectivity index (χ1v) is 7.93. The van der Waals surface area contributed by atoms with Crippen molar-refractivity contribution < 1.29 is 0 Å². The Morgan fingerprint density at radius 2 is 1.96 bits per heavy atom. The lowest BCUT2D eigenvalue weighted by molar-refractivity contribution is 0.904. The van der Waals surface area contributed by atoms with Crippen LogP contribution in [0.3, 0.4) is 0 Å². The van der Waals surface area contributed by atoms with E-state index in [1.807, 2.05) is 37.3 Å². The van der Waals surface area contributed by atoms with Crippen LogP contribution in [0.5, 0.6) is 0 Å². The molecule has 0 bridgehead atoms. The summed E-state index contributed by atoms with van der Waals surface area (Å²) >= 11 is 0. The third kappa shape index (κ3) is 2.48. The summed E-state index contributed by atoms with van der Waals surface area (Å²) in [6.07, 6.45) is 5.80. The van der Waals surface area contributed by atoms with Gasteiger partial charge in [0.2, 0.25) is 5.95 Å². The van der Waals surface area contributed by atoms with E-state index in [-0.39, 0.29) is 5.56 Å². The highest BCUT2D eigenvalue weighted by Gasteiger charge is 2.16. The van der Waals surface area contributed by atoms with Gasteiger partial charge in [0.05, 0.1) is 10.9 Å². The van der Waals surface area contributed by atoms with E-state index in [0.29, 0.717) is 10.9 Å². The average molecular weight is 306 g/mol. The van der Waals surface area contributed by atoms with Crippen LogP contribution in [0.25, 0.3) is 16.6 Å². The lowest BCUT2D eigenvalue weighted by atomic mass is 10.2. The zero-order valence-corrected chi connectivity index (χ0v) is 13.1. The SMILES string of the molecule is Cc1cccc(-n2ccc3nc(N4CCCC4)ncc3c2=O)c1. The van der Waals surface area contributed by atoms with Crippen LogP contribution in [0.4, 0.5) is 5.95 Å². The largest absolute Gasteiger partial charge is 0.341 e. The van der Waals surface area contributed by atoms with Gasteiger partial charge in [0, 0.05) is 31.2 Å². The molecule has 0 radical (unpaired) electrons. The maximum absolute atomic E-state index is 12.7. The van der Waals surface area contributed by atoms with Gasteiger partial charge in [0.15, 0.2) is 0 Å². The number of hydrogen-bond donors (Lipinski definition) is 0. The van der Waals surface area contributed by atoms with Crippen LogP contribution >= 0.6 is 0 Å². The predicted molar refractivity (Wildman–Crippen MR) is 91.3 cm³/mol. The Morgan fingerprint density at radius 1 is 1.13 bits per heavy atom. The monoisotopic (exact) mass is 306 g/mol. The van der Waals surface area contributed by atoms with Gasteiger partial charge in [0.1, 0.15) is 0 Å². The number of aryl methyl sites for hydroxylation is 1. The standard InChI is InChI=1S/C18H18N4O/c1-13-5-4-6-14(11-13)22-10-7-16-15(17(22)23)12-19-18(20-16)21-8-2-3-9-21/h4-7,10-12H,2-3,8-9H2,1H3. The van der Waals surface area contributed by atoms with Crippen molar-refractivity contribution in [2.75, 3.05) is 18.0 Å². The molecule has 1 saturated heterocycles. The number of aromatic nitrogens is 3. The van der Waals surface area contributed by atoms with Crippen LogP contribution in [0, 0.1) is 6.92 Å². The highest BCUT2D eigenvalue weighted by atomic mass is 16.1. The molecule has 3 heterocycles. The summed E-state index contributed by atoms with van der Waals surface area (Å²) < 4.78 is 1.65. The van der Waals surface area contributed by atoms with E-state index in [2.05, 4.69) is 14.9 Å². The molecule has 0 spiro atoms. The topological polar surface area (TPSA) is 51.0 Å². The minimum atomic E-state index is -0.0823. The Hall–Kier alpha value is -2.69. The Morgan fingerprint density at radius 3 is 2.74 bits per heavy atom. The predicted octanol–water partition coefficient (Wildman–Crippen LogP) is 2.69. The fourth-order valence-electron chi connectivity index (χ4n) is 3.07. The summed E-state index contributed by atoms with van der Waals surface area (Å²) in [4.78, 5) is 23.9. The second kappa shape index (κ2) is 5.50. The third-order valence-electron chi connectivity index (χ3n) is 4.30. The molecule has 0 atom stereocenters. The Kier molecular flexibility index (Phi) is 3.33. The van der Waals surface area contributed by atoms with E-state index in [1.165, 1.54) is 12.8 Å². The second-order valence-corrected chi connectivity index (χ2v) is 5.99. The van der Waals surface area contributed by atoms with Gasteiger partial charge in [-0.15, -0.1) is 0 Å². The number of anilines is 1. The Bertz CT molecular complexity index is 926. The maximum atomic E-state index is 12.7. The van der Waals surface area contributed by atoms with E-state index in [0.717, 1.165) is 30.3 Å². The summed E-state index contributed by atoms with van der Waals surface area (Å²) in [7, 11) is 0. The molecule has 23 heavy (non-hydrogen) atoms. The Balaban J connectivity index is 1.82. The van der Waals surface area contributed by atoms with Crippen molar-refractivity contribution in [2.24, 2.45) is 0 Å². The average Bonchev–Trinajstić information content (AvgIpc) is 3.09. The van der Waals surface area contributed by atoms with Crippen LogP contribution in [0.2, 0.25) is 0 Å². The van der Waals surface area contributed by atoms with E-state index in [9.17, 15) is 4.79 Å². The van der Waals surface area contributed by atoms with Crippen LogP contribution in [0.15, 0.2) is 47.5 Å². The number of hydrogen-bond acceptors (Lipinski definition) is 4. The number of benzene rings is 1. The van der Waals surface area contributed by atoms with Crippen molar-refractivity contribution >= 4 is 16.9 Å². The van der Waals surface area contributed by atoms with Gasteiger partial charge in [0.25, 0.3) is 5.56 Å². The zero-order chi connectivity index (χ0) is 15.8. The molecule has 116 valence electrons. The molecule has 0 unspecified atom stereocenters. The molecule has 1 fully saturated rings. The molecule has 4 rings (SSSR count). The van der Waals surface area contributed by atoms with E-state index in [4.69, 9.17) is 0 Å². The number of fused-ring (bicyclic) bond motifs is 1. The van der Waals surface area contributed by atoms with Crippen LogP contribution in [0.1, 0.15) is 18.4 Å². The van der Waals surface area contributed by atoms with Crippen molar-refractivity contribution in [3.8, 4) is 5.69 Å². The van der Waals surface area contributed by atoms with E-state index < -0.39 is 0 Å². The van der Waals surface area contributed by atoms with Gasteiger partial charge in [-0.3, -0.25) is 9.36 Å². The molecule has 0 aliphatic carbocycles. The van der Waals surface area contributed by atoms with E-state index in [1.54, 1.807) is 17.0 Å². The normalized spacial score (nSPS) is 14.6. The van der Waals surface area contributed by atoms with Crippen molar-refractivity contribution in [1.82, 2.24) is 14.5 Å². The molecule has 3 aromatic rings. The molecule has 1 aliphatic heterocycles. The first kappa shape index (κ1) is 13.9. The highest BCUT2D eigenvalue weighted by molar-refractivity contribution is 5.78. The molecular formula is C18H18N4O. The smallest absolute Gasteiger partial charge is 0.266 e. The second-order valence-electron chi connectivity index (χ2n) is 5.99. The molecule has 0 amide bonds. The minimum Gasteiger partial charge on any atom is -0.341 e. The molecule has 2 aromatic heterocycles. The molecular weight excluding hydrogens is 288 g/mol. The fraction of sp³-hybridized carbons (Fsp3) is 0.278. The number of nitrogens with zero attached hydrogens (tertiary/aromatic N) is 4. The highest BCUT2D eigenvalue weighted by Crippen LogP contribution is 2.18. The van der Waals surface area contributed by atoms with Gasteiger partial charge >= 0.3 is 0 Å². The van der Waals surface area contributed by atoms with Gasteiger partial charge in [-0.05, 0) is 43.5 Å². The summed E-state index contributed by atoms with van der Waals surface area (Å²) in [5.74, 6) is 0.725. The van der Waals surface area contributed by atoms with Gasteiger partial charge in [-0.2, -0.15) is 0 Å². The van der Waals surface area contributed by atoms with Gasteiger partial charge in [-0.25, -0.2) is 9.97 Å². The van der Waals surface area contributed by atoms with Crippen molar-refractivity contribution in [3.05, 3.63) is 58.6 Å². The van der Waals surface area contributed by atoms with Gasteiger partial charge in [-0.1, -0.05) is 12.1 Å². The maximum Gasteiger partial charge on any atom is 0.266 e. The fourth-order valence-corrected chi connectivity index (χ4v) is 3.07. The van der Waals surface area contributed by atoms with Crippen molar-refractivity contribution in [3.63, 3.8) is 0 Å². The van der Waals surface area contributed by atoms with Crippen LogP contribution in [-0.4, -0.2) is 27.6 Å². The summed E-state index contributed by atoms with van der Waals surface area (Å²) in [6.45, 7) is 4.00. The molecule has 1 aliphatic rings. The van der Waals surface area contributed by atoms with Crippen molar-refractivity contribution in [2.45, 2.75) is 19.8 Å². The minimum absolute atomic E-state index is 0.0823. The molecule has 0 N–H and O–H groups in total. The first-order valence-electron chi connectivity index (χ1n) is 7.93. The van der Waals surface area contributed by atoms with Gasteiger partial charge < -0.3 is 4.90 Å². The Labute approximate surface area is 134 Å². The molecule has 0 saturated carbocycles. The summed E-state index contributed by atoms with van der Waals surface area (Å²) in [5.41, 5.74) is 2.60. The molecule has 5 nitrogen and oxygen atoms in total. The zero-order valence-electron chi connectivity index (χ0n) is 13.1. The van der Waals surface area contributed by atoms with Crippen molar-refractivity contribution in [1.29, 1.82) is 0 Å². The number of rotatable bonds is 2. The van der Waals surface area contributed by atoms with Crippen LogP contribution in [-0.2, 0) is 0 Å². The lowest BCUT2D eigenvalue weighted by Crippen LogP contribution is -2.22. The lowest BCUT2D eigenvalue weighted by Gasteiger charge is -2.15. The van der Waals surface area contributed by atoms with Crippen LogP contribution < -0.4 is 10.5 Å². The third-order valence-corrected chi connectivity index (χ3v) is 4.30. The quantitative estimate of drug-likeness (QED) is 0.730. The molecule has 5 heteroatoms. The summed E-state index contributed by atoms with van der Waals surface area (Å²) in [6, 6.07) is 9.78.